The van der Waals surface area contributed by atoms with Gasteiger partial charge in [0.15, 0.2) is 0 Å². The van der Waals surface area contributed by atoms with Crippen LogP contribution in [0.3, 0.4) is 0 Å². The normalized spacial score (nSPS) is 10.1. The summed E-state index contributed by atoms with van der Waals surface area (Å²) in [6.07, 6.45) is 3.57. The Morgan fingerprint density at radius 2 is 2.17 bits per heavy atom. The van der Waals surface area contributed by atoms with Gasteiger partial charge in [0.1, 0.15) is 0 Å². The van der Waals surface area contributed by atoms with Crippen LogP contribution in [0.1, 0.15) is 32.6 Å². The molecule has 1 aromatic carbocycles. The van der Waals surface area contributed by atoms with Gasteiger partial charge in [-0.1, -0.05) is 12.5 Å². The van der Waals surface area contributed by atoms with Crippen LogP contribution in [0.2, 0.25) is 0 Å². The second-order valence-electron chi connectivity index (χ2n) is 4.05. The molecule has 0 fully saturated rings. The topological polar surface area (TPSA) is 38.3 Å². The number of unbranched alkanes of at least 4 members (excludes halogenated alkanes) is 2. The Morgan fingerprint density at radius 1 is 1.33 bits per heavy atom. The van der Waals surface area contributed by atoms with Crippen LogP contribution in [0.25, 0.3) is 0 Å². The summed E-state index contributed by atoms with van der Waals surface area (Å²) in [5, 5.41) is 3.38. The summed E-state index contributed by atoms with van der Waals surface area (Å²) in [6, 6.07) is 8.32. The zero-order valence-corrected chi connectivity index (χ0v) is 12.9. The average molecular weight is 361 g/mol. The highest BCUT2D eigenvalue weighted by Crippen LogP contribution is 2.12. The van der Waals surface area contributed by atoms with Gasteiger partial charge in [-0.2, -0.15) is 0 Å². The molecule has 3 nitrogen and oxygen atoms in total. The molecule has 1 aromatic rings. The van der Waals surface area contributed by atoms with E-state index in [4.69, 9.17) is 4.74 Å². The highest BCUT2D eigenvalue weighted by Gasteiger charge is 2.00. The lowest BCUT2D eigenvalue weighted by molar-refractivity contribution is -0.143. The lowest BCUT2D eigenvalue weighted by Gasteiger charge is -2.06. The van der Waals surface area contributed by atoms with Crippen molar-refractivity contribution in [3.05, 3.63) is 27.8 Å². The van der Waals surface area contributed by atoms with Crippen LogP contribution in [0, 0.1) is 3.57 Å². The first-order chi connectivity index (χ1) is 8.72. The van der Waals surface area contributed by atoms with Crippen molar-refractivity contribution in [3.63, 3.8) is 0 Å². The first-order valence-electron chi connectivity index (χ1n) is 6.37. The Bertz CT molecular complexity index is 369. The van der Waals surface area contributed by atoms with Crippen molar-refractivity contribution in [1.29, 1.82) is 0 Å². The summed E-state index contributed by atoms with van der Waals surface area (Å²) >= 11 is 2.30. The molecular weight excluding hydrogens is 341 g/mol. The fourth-order valence-electron chi connectivity index (χ4n) is 1.64. The quantitative estimate of drug-likeness (QED) is 0.435. The van der Waals surface area contributed by atoms with E-state index in [1.807, 2.05) is 13.0 Å². The third-order valence-corrected chi connectivity index (χ3v) is 3.19. The molecule has 18 heavy (non-hydrogen) atoms. The SMILES string of the molecule is CCOC(=O)CCCCCNc1cccc(I)c1. The smallest absolute Gasteiger partial charge is 0.305 e. The van der Waals surface area contributed by atoms with Gasteiger partial charge in [-0.25, -0.2) is 0 Å². The fourth-order valence-corrected chi connectivity index (χ4v) is 2.18. The van der Waals surface area contributed by atoms with Crippen LogP contribution in [0.15, 0.2) is 24.3 Å². The molecule has 0 aliphatic rings. The maximum Gasteiger partial charge on any atom is 0.305 e. The zero-order valence-electron chi connectivity index (χ0n) is 10.7. The molecule has 0 aliphatic heterocycles. The van der Waals surface area contributed by atoms with Gasteiger partial charge in [0.25, 0.3) is 0 Å². The highest BCUT2D eigenvalue weighted by atomic mass is 127. The number of ether oxygens (including phenoxy) is 1. The Morgan fingerprint density at radius 3 is 2.89 bits per heavy atom. The predicted molar refractivity (Wildman–Crippen MR) is 82.7 cm³/mol. The second-order valence-corrected chi connectivity index (χ2v) is 5.30. The number of anilines is 1. The molecule has 0 spiro atoms. The Kier molecular flexibility index (Phi) is 7.80. The van der Waals surface area contributed by atoms with E-state index in [1.54, 1.807) is 0 Å². The van der Waals surface area contributed by atoms with Crippen molar-refractivity contribution in [2.24, 2.45) is 0 Å². The van der Waals surface area contributed by atoms with E-state index in [0.29, 0.717) is 13.0 Å². The zero-order chi connectivity index (χ0) is 13.2. The van der Waals surface area contributed by atoms with E-state index in [9.17, 15) is 4.79 Å². The summed E-state index contributed by atoms with van der Waals surface area (Å²) in [6.45, 7) is 3.26. The maximum atomic E-state index is 11.1. The van der Waals surface area contributed by atoms with Gasteiger partial charge in [-0.15, -0.1) is 0 Å². The van der Waals surface area contributed by atoms with Crippen LogP contribution in [-0.2, 0) is 9.53 Å². The standard InChI is InChI=1S/C14H20INO2/c1-2-18-14(17)9-4-3-5-10-16-13-8-6-7-12(15)11-13/h6-8,11,16H,2-5,9-10H2,1H3. The number of rotatable bonds is 8. The number of carbonyl (C=O) groups is 1. The van der Waals surface area contributed by atoms with E-state index in [2.05, 4.69) is 46.1 Å². The van der Waals surface area contributed by atoms with Crippen molar-refractivity contribution >= 4 is 34.2 Å². The van der Waals surface area contributed by atoms with Gasteiger partial charge in [0.05, 0.1) is 6.61 Å². The monoisotopic (exact) mass is 361 g/mol. The third kappa shape index (κ3) is 6.83. The molecule has 0 aromatic heterocycles. The first kappa shape index (κ1) is 15.3. The number of benzene rings is 1. The highest BCUT2D eigenvalue weighted by molar-refractivity contribution is 14.1. The van der Waals surface area contributed by atoms with Crippen LogP contribution >= 0.6 is 22.6 Å². The molecule has 0 amide bonds. The number of nitrogens with one attached hydrogen (secondary N) is 1. The van der Waals surface area contributed by atoms with E-state index < -0.39 is 0 Å². The number of halogens is 1. The molecule has 0 saturated heterocycles. The van der Waals surface area contributed by atoms with Gasteiger partial charge in [-0.05, 0) is 60.6 Å². The van der Waals surface area contributed by atoms with Crippen molar-refractivity contribution < 1.29 is 9.53 Å². The lowest BCUT2D eigenvalue weighted by atomic mass is 10.2. The Hall–Kier alpha value is -0.780. The number of esters is 1. The van der Waals surface area contributed by atoms with Gasteiger partial charge >= 0.3 is 5.97 Å². The van der Waals surface area contributed by atoms with Crippen LogP contribution in [0.5, 0.6) is 0 Å². The van der Waals surface area contributed by atoms with Gasteiger partial charge < -0.3 is 10.1 Å². The molecule has 0 unspecified atom stereocenters. The minimum atomic E-state index is -0.0805. The van der Waals surface area contributed by atoms with Crippen molar-refractivity contribution in [1.82, 2.24) is 0 Å². The van der Waals surface area contributed by atoms with Gasteiger partial charge in [0, 0.05) is 22.2 Å². The van der Waals surface area contributed by atoms with E-state index in [1.165, 1.54) is 3.57 Å². The number of carbonyl (C=O) groups excluding carboxylic acids is 1. The third-order valence-electron chi connectivity index (χ3n) is 2.52. The molecule has 0 heterocycles. The van der Waals surface area contributed by atoms with Crippen LogP contribution < -0.4 is 5.32 Å². The lowest BCUT2D eigenvalue weighted by Crippen LogP contribution is -2.05. The first-order valence-corrected chi connectivity index (χ1v) is 7.45. The van der Waals surface area contributed by atoms with Crippen molar-refractivity contribution in [2.75, 3.05) is 18.5 Å². The average Bonchev–Trinajstić information content (AvgIpc) is 2.34. The predicted octanol–water partition coefficient (Wildman–Crippen LogP) is 3.83. The molecule has 1 N–H and O–H groups in total. The minimum absolute atomic E-state index is 0.0805. The largest absolute Gasteiger partial charge is 0.466 e. The second kappa shape index (κ2) is 9.19. The summed E-state index contributed by atoms with van der Waals surface area (Å²) in [4.78, 5) is 11.1. The number of hydrogen-bond acceptors (Lipinski definition) is 3. The number of hydrogen-bond donors (Lipinski definition) is 1. The van der Waals surface area contributed by atoms with E-state index >= 15 is 0 Å². The van der Waals surface area contributed by atoms with Crippen molar-refractivity contribution in [2.45, 2.75) is 32.6 Å². The van der Waals surface area contributed by atoms with E-state index in [-0.39, 0.29) is 5.97 Å². The summed E-state index contributed by atoms with van der Waals surface area (Å²) in [5.41, 5.74) is 1.16. The van der Waals surface area contributed by atoms with Gasteiger partial charge in [0.2, 0.25) is 0 Å². The molecule has 0 saturated carbocycles. The molecule has 0 bridgehead atoms. The Balaban J connectivity index is 2.04. The summed E-state index contributed by atoms with van der Waals surface area (Å²) < 4.78 is 6.11. The van der Waals surface area contributed by atoms with E-state index in [0.717, 1.165) is 31.5 Å². The molecular formula is C14H20INO2. The molecule has 1 rings (SSSR count). The van der Waals surface area contributed by atoms with Crippen LogP contribution in [-0.4, -0.2) is 19.1 Å². The fraction of sp³-hybridized carbons (Fsp3) is 0.500. The molecule has 0 radical (unpaired) electrons. The molecule has 0 atom stereocenters. The minimum Gasteiger partial charge on any atom is -0.466 e. The van der Waals surface area contributed by atoms with Crippen LogP contribution in [0.4, 0.5) is 5.69 Å². The Labute approximate surface area is 122 Å². The molecule has 0 aliphatic carbocycles. The molecule has 100 valence electrons. The summed E-state index contributed by atoms with van der Waals surface area (Å²) in [5.74, 6) is -0.0805. The summed E-state index contributed by atoms with van der Waals surface area (Å²) in [7, 11) is 0. The molecule has 4 heteroatoms. The van der Waals surface area contributed by atoms with Crippen molar-refractivity contribution in [3.8, 4) is 0 Å². The van der Waals surface area contributed by atoms with Gasteiger partial charge in [-0.3, -0.25) is 4.79 Å². The maximum absolute atomic E-state index is 11.1.